The lowest BCUT2D eigenvalue weighted by molar-refractivity contribution is 0.0730. The fourth-order valence-corrected chi connectivity index (χ4v) is 6.27. The van der Waals surface area contributed by atoms with Gasteiger partial charge in [-0.15, -0.1) is 0 Å². The van der Waals surface area contributed by atoms with E-state index in [1.807, 2.05) is 18.2 Å². The predicted molar refractivity (Wildman–Crippen MR) is 119 cm³/mol. The van der Waals surface area contributed by atoms with E-state index < -0.39 is 10.0 Å². The van der Waals surface area contributed by atoms with E-state index in [2.05, 4.69) is 39.6 Å². The Morgan fingerprint density at radius 1 is 1.17 bits per heavy atom. The first kappa shape index (κ1) is 20.9. The molecule has 0 radical (unpaired) electrons. The average Bonchev–Trinajstić information content (AvgIpc) is 3.09. The normalized spacial score (nSPS) is 15.8. The molecule has 0 amide bonds. The lowest BCUT2D eigenvalue weighted by Crippen LogP contribution is -2.40. The van der Waals surface area contributed by atoms with Crippen LogP contribution in [0.5, 0.6) is 0 Å². The average molecular weight is 496 g/mol. The topological polar surface area (TPSA) is 64.4 Å². The van der Waals surface area contributed by atoms with Gasteiger partial charge in [-0.05, 0) is 42.8 Å². The molecule has 1 aliphatic rings. The highest BCUT2D eigenvalue weighted by Gasteiger charge is 2.27. The van der Waals surface area contributed by atoms with Crippen LogP contribution < -0.4 is 0 Å². The summed E-state index contributed by atoms with van der Waals surface area (Å²) in [6.45, 7) is 4.48. The quantitative estimate of drug-likeness (QED) is 0.481. The van der Waals surface area contributed by atoms with Gasteiger partial charge in [-0.3, -0.25) is 0 Å². The van der Waals surface area contributed by atoms with Crippen LogP contribution in [0.2, 0.25) is 0 Å². The van der Waals surface area contributed by atoms with Gasteiger partial charge in [0.25, 0.3) is 0 Å². The van der Waals surface area contributed by atoms with Gasteiger partial charge in [0.2, 0.25) is 10.0 Å². The van der Waals surface area contributed by atoms with E-state index in [4.69, 9.17) is 9.72 Å². The highest BCUT2D eigenvalue weighted by atomic mass is 79.9. The molecule has 0 N–H and O–H groups in total. The first-order valence-electron chi connectivity index (χ1n) is 9.44. The molecule has 4 rings (SSSR count). The number of sulfonamides is 1. The molecule has 0 aliphatic carbocycles. The van der Waals surface area contributed by atoms with Gasteiger partial charge >= 0.3 is 0 Å². The minimum Gasteiger partial charge on any atom is -0.379 e. The van der Waals surface area contributed by atoms with Crippen LogP contribution in [0.1, 0.15) is 12.5 Å². The van der Waals surface area contributed by atoms with Gasteiger partial charge in [0.05, 0.1) is 29.1 Å². The molecule has 0 saturated carbocycles. The second-order valence-corrected chi connectivity index (χ2v) is 10.5. The third-order valence-corrected chi connectivity index (χ3v) is 8.30. The smallest absolute Gasteiger partial charge is 0.243 e. The van der Waals surface area contributed by atoms with Crippen LogP contribution in [0, 0.1) is 0 Å². The summed E-state index contributed by atoms with van der Waals surface area (Å²) in [6.07, 6.45) is 0. The number of rotatable bonds is 6. The number of halogens is 1. The molecule has 1 aliphatic heterocycles. The van der Waals surface area contributed by atoms with Crippen molar-refractivity contribution in [2.75, 3.05) is 26.3 Å². The molecular formula is C20H22BrN3O3S2. The molecule has 2 aromatic carbocycles. The van der Waals surface area contributed by atoms with Crippen molar-refractivity contribution < 1.29 is 13.2 Å². The van der Waals surface area contributed by atoms with Crippen LogP contribution in [0.25, 0.3) is 11.0 Å². The summed E-state index contributed by atoms with van der Waals surface area (Å²) in [5.74, 6) is 0.793. The van der Waals surface area contributed by atoms with E-state index in [-0.39, 0.29) is 4.90 Å². The van der Waals surface area contributed by atoms with Crippen molar-refractivity contribution >= 4 is 48.7 Å². The second kappa shape index (κ2) is 8.77. The number of ether oxygens (including phenoxy) is 1. The Bertz CT molecular complexity index is 1130. The number of hydrogen-bond donors (Lipinski definition) is 0. The zero-order valence-corrected chi connectivity index (χ0v) is 19.3. The Labute approximate surface area is 183 Å². The van der Waals surface area contributed by atoms with Crippen molar-refractivity contribution in [3.8, 4) is 0 Å². The Morgan fingerprint density at radius 2 is 1.97 bits per heavy atom. The van der Waals surface area contributed by atoms with E-state index in [1.165, 1.54) is 9.87 Å². The molecule has 6 nitrogen and oxygen atoms in total. The van der Waals surface area contributed by atoms with E-state index in [0.29, 0.717) is 31.8 Å². The van der Waals surface area contributed by atoms with Crippen LogP contribution in [0.4, 0.5) is 0 Å². The van der Waals surface area contributed by atoms with Crippen LogP contribution in [-0.4, -0.2) is 48.6 Å². The zero-order chi connectivity index (χ0) is 20.4. The molecule has 0 spiro atoms. The molecule has 0 unspecified atom stereocenters. The number of nitrogens with zero attached hydrogens (tertiary/aromatic N) is 3. The predicted octanol–water partition coefficient (Wildman–Crippen LogP) is 4.13. The highest BCUT2D eigenvalue weighted by molar-refractivity contribution is 9.10. The van der Waals surface area contributed by atoms with Gasteiger partial charge in [0, 0.05) is 29.9 Å². The van der Waals surface area contributed by atoms with Crippen molar-refractivity contribution in [2.24, 2.45) is 0 Å². The summed E-state index contributed by atoms with van der Waals surface area (Å²) in [7, 11) is -3.53. The van der Waals surface area contributed by atoms with Crippen LogP contribution in [0.15, 0.2) is 57.0 Å². The molecular weight excluding hydrogens is 474 g/mol. The van der Waals surface area contributed by atoms with E-state index in [1.54, 1.807) is 23.9 Å². The van der Waals surface area contributed by atoms with Crippen LogP contribution in [0.3, 0.4) is 0 Å². The molecule has 1 saturated heterocycles. The maximum Gasteiger partial charge on any atom is 0.243 e. The maximum absolute atomic E-state index is 13.0. The molecule has 0 atom stereocenters. The number of benzene rings is 2. The van der Waals surface area contributed by atoms with E-state index in [9.17, 15) is 8.42 Å². The largest absolute Gasteiger partial charge is 0.379 e. The lowest BCUT2D eigenvalue weighted by atomic mass is 10.2. The maximum atomic E-state index is 13.0. The molecule has 9 heteroatoms. The second-order valence-electron chi connectivity index (χ2n) is 6.72. The number of morpholine rings is 1. The Morgan fingerprint density at radius 3 is 2.69 bits per heavy atom. The Hall–Kier alpha value is -1.39. The first-order valence-corrected chi connectivity index (χ1v) is 12.7. The monoisotopic (exact) mass is 495 g/mol. The molecule has 1 aromatic heterocycles. The van der Waals surface area contributed by atoms with Gasteiger partial charge in [-0.2, -0.15) is 4.31 Å². The summed E-state index contributed by atoms with van der Waals surface area (Å²) in [6, 6.07) is 13.4. The van der Waals surface area contributed by atoms with Crippen molar-refractivity contribution in [1.29, 1.82) is 0 Å². The molecule has 29 heavy (non-hydrogen) atoms. The van der Waals surface area contributed by atoms with Crippen LogP contribution in [-0.2, 0) is 27.1 Å². The van der Waals surface area contributed by atoms with Gasteiger partial charge in [-0.1, -0.05) is 39.8 Å². The van der Waals surface area contributed by atoms with Gasteiger partial charge in [-0.25, -0.2) is 13.4 Å². The van der Waals surface area contributed by atoms with E-state index in [0.717, 1.165) is 27.4 Å². The minimum atomic E-state index is -3.53. The summed E-state index contributed by atoms with van der Waals surface area (Å²) in [5.41, 5.74) is 2.86. The Balaban J connectivity index is 1.63. The number of thioether (sulfide) groups is 1. The molecule has 154 valence electrons. The fraction of sp³-hybridized carbons (Fsp3) is 0.350. The summed E-state index contributed by atoms with van der Waals surface area (Å²) in [4.78, 5) is 5.03. The van der Waals surface area contributed by atoms with Crippen molar-refractivity contribution in [3.63, 3.8) is 0 Å². The van der Waals surface area contributed by atoms with E-state index >= 15 is 0 Å². The molecule has 3 aromatic rings. The molecule has 0 bridgehead atoms. The number of hydrogen-bond acceptors (Lipinski definition) is 5. The minimum absolute atomic E-state index is 0.288. The standard InChI is InChI=1S/C20H22BrN3O3S2/c1-2-24-19-7-6-17(29(25,26)23-8-10-27-11-9-23)13-18(19)22-20(24)28-14-15-4-3-5-16(21)12-15/h3-7,12-13H,2,8-11,14H2,1H3. The zero-order valence-electron chi connectivity index (χ0n) is 16.0. The number of fused-ring (bicyclic) bond motifs is 1. The fourth-order valence-electron chi connectivity index (χ4n) is 3.37. The van der Waals surface area contributed by atoms with Gasteiger partial charge in [0.1, 0.15) is 0 Å². The van der Waals surface area contributed by atoms with Crippen molar-refractivity contribution in [2.45, 2.75) is 29.3 Å². The summed E-state index contributed by atoms with van der Waals surface area (Å²) >= 11 is 5.16. The SMILES string of the molecule is CCn1c(SCc2cccc(Br)c2)nc2cc(S(=O)(=O)N3CCOCC3)ccc21. The molecule has 1 fully saturated rings. The molecule has 2 heterocycles. The summed E-state index contributed by atoms with van der Waals surface area (Å²) < 4.78 is 35.9. The third kappa shape index (κ3) is 4.39. The van der Waals surface area contributed by atoms with Gasteiger partial charge in [0.15, 0.2) is 5.16 Å². The number of aryl methyl sites for hydroxylation is 1. The number of imidazole rings is 1. The third-order valence-electron chi connectivity index (χ3n) is 4.87. The highest BCUT2D eigenvalue weighted by Crippen LogP contribution is 2.29. The van der Waals surface area contributed by atoms with Crippen molar-refractivity contribution in [3.05, 3.63) is 52.5 Å². The lowest BCUT2D eigenvalue weighted by Gasteiger charge is -2.26. The van der Waals surface area contributed by atoms with Crippen molar-refractivity contribution in [1.82, 2.24) is 13.9 Å². The van der Waals surface area contributed by atoms with Gasteiger partial charge < -0.3 is 9.30 Å². The Kier molecular flexibility index (Phi) is 6.31. The van der Waals surface area contributed by atoms with Crippen LogP contribution >= 0.6 is 27.7 Å². The first-order chi connectivity index (χ1) is 14.0. The number of aromatic nitrogens is 2. The summed E-state index contributed by atoms with van der Waals surface area (Å²) in [5, 5.41) is 0.892.